The van der Waals surface area contributed by atoms with Gasteiger partial charge in [-0.25, -0.2) is 15.0 Å². The van der Waals surface area contributed by atoms with Gasteiger partial charge in [-0.1, -0.05) is 103 Å². The molecule has 0 N–H and O–H groups in total. The van der Waals surface area contributed by atoms with Crippen LogP contribution < -0.4 is 0 Å². The van der Waals surface area contributed by atoms with E-state index >= 15 is 0 Å². The molecule has 2 aromatic heterocycles. The number of rotatable bonds is 4. The van der Waals surface area contributed by atoms with Gasteiger partial charge in [0.05, 0.1) is 0 Å². The molecule has 0 bridgehead atoms. The molecule has 7 rings (SSSR count). The lowest BCUT2D eigenvalue weighted by Crippen LogP contribution is -2.00. The minimum atomic E-state index is 0.611. The molecule has 4 nitrogen and oxygen atoms in total. The van der Waals surface area contributed by atoms with E-state index in [0.717, 1.165) is 44.2 Å². The molecule has 0 amide bonds. The second-order valence-corrected chi connectivity index (χ2v) is 9.43. The van der Waals surface area contributed by atoms with Crippen LogP contribution in [0.4, 0.5) is 0 Å². The fourth-order valence-electron chi connectivity index (χ4n) is 4.78. The van der Waals surface area contributed by atoms with Gasteiger partial charge in [0.1, 0.15) is 11.2 Å². The molecule has 4 heteroatoms. The van der Waals surface area contributed by atoms with E-state index in [1.54, 1.807) is 0 Å². The first-order valence-corrected chi connectivity index (χ1v) is 12.6. The number of nitrogens with zero attached hydrogens (tertiary/aromatic N) is 3. The SMILES string of the molecule is Cc1ccc(-c2ccc3c(c2)oc2cc(-c4nc(-c5ccccc5)nc(-c5ccccc5)n4)ccc23)cc1. The van der Waals surface area contributed by atoms with Crippen LogP contribution in [0.5, 0.6) is 0 Å². The average molecular weight is 490 g/mol. The highest BCUT2D eigenvalue weighted by Gasteiger charge is 2.15. The largest absolute Gasteiger partial charge is 0.456 e. The molecule has 0 saturated carbocycles. The molecular formula is C34H23N3O. The van der Waals surface area contributed by atoms with Gasteiger partial charge in [0.15, 0.2) is 17.5 Å². The van der Waals surface area contributed by atoms with Gasteiger partial charge in [-0.2, -0.15) is 0 Å². The molecule has 0 atom stereocenters. The molecule has 0 saturated heterocycles. The molecule has 0 aliphatic rings. The number of fused-ring (bicyclic) bond motifs is 3. The van der Waals surface area contributed by atoms with Crippen molar-refractivity contribution in [3.8, 4) is 45.3 Å². The predicted molar refractivity (Wildman–Crippen MR) is 154 cm³/mol. The van der Waals surface area contributed by atoms with Crippen LogP contribution in [-0.2, 0) is 0 Å². The standard InChI is InChI=1S/C34H23N3O/c1-22-12-14-23(15-13-22)26-16-18-28-29-19-17-27(21-31(29)38-30(28)20-26)34-36-32(24-8-4-2-5-9-24)35-33(37-34)25-10-6-3-7-11-25/h2-21H,1H3. The Kier molecular flexibility index (Phi) is 5.30. The Bertz CT molecular complexity index is 1850. The third-order valence-electron chi connectivity index (χ3n) is 6.82. The Morgan fingerprint density at radius 3 is 1.42 bits per heavy atom. The Balaban J connectivity index is 1.35. The van der Waals surface area contributed by atoms with Crippen LogP contribution in [0.1, 0.15) is 5.56 Å². The predicted octanol–water partition coefficient (Wildman–Crippen LogP) is 8.75. The minimum absolute atomic E-state index is 0.611. The van der Waals surface area contributed by atoms with Gasteiger partial charge in [0.2, 0.25) is 0 Å². The van der Waals surface area contributed by atoms with Crippen molar-refractivity contribution in [2.75, 3.05) is 0 Å². The van der Waals surface area contributed by atoms with E-state index in [0.29, 0.717) is 17.5 Å². The zero-order valence-electron chi connectivity index (χ0n) is 20.8. The Morgan fingerprint density at radius 2 is 0.868 bits per heavy atom. The molecular weight excluding hydrogens is 466 g/mol. The molecule has 38 heavy (non-hydrogen) atoms. The molecule has 0 radical (unpaired) electrons. The Morgan fingerprint density at radius 1 is 0.421 bits per heavy atom. The summed E-state index contributed by atoms with van der Waals surface area (Å²) >= 11 is 0. The molecule has 7 aromatic rings. The maximum absolute atomic E-state index is 6.36. The van der Waals surface area contributed by atoms with Crippen molar-refractivity contribution in [1.29, 1.82) is 0 Å². The smallest absolute Gasteiger partial charge is 0.164 e. The van der Waals surface area contributed by atoms with E-state index in [1.807, 2.05) is 66.7 Å². The van der Waals surface area contributed by atoms with Gasteiger partial charge in [-0.05, 0) is 42.3 Å². The highest BCUT2D eigenvalue weighted by molar-refractivity contribution is 6.06. The van der Waals surface area contributed by atoms with Crippen molar-refractivity contribution < 1.29 is 4.42 Å². The summed E-state index contributed by atoms with van der Waals surface area (Å²) in [5, 5.41) is 2.16. The molecule has 180 valence electrons. The van der Waals surface area contributed by atoms with Crippen LogP contribution in [0.15, 0.2) is 126 Å². The summed E-state index contributed by atoms with van der Waals surface area (Å²) in [6.45, 7) is 2.10. The van der Waals surface area contributed by atoms with Crippen molar-refractivity contribution in [1.82, 2.24) is 15.0 Å². The number of benzene rings is 5. The number of aromatic nitrogens is 3. The molecule has 5 aromatic carbocycles. The number of furan rings is 1. The maximum Gasteiger partial charge on any atom is 0.164 e. The summed E-state index contributed by atoms with van der Waals surface area (Å²) in [5.41, 5.74) is 7.99. The Labute approximate surface area is 220 Å². The zero-order valence-corrected chi connectivity index (χ0v) is 20.8. The molecule has 0 fully saturated rings. The summed E-state index contributed by atoms with van der Waals surface area (Å²) in [6, 6.07) is 41.2. The van der Waals surface area contributed by atoms with Gasteiger partial charge in [-0.15, -0.1) is 0 Å². The van der Waals surface area contributed by atoms with E-state index in [4.69, 9.17) is 19.4 Å². The summed E-state index contributed by atoms with van der Waals surface area (Å²) in [7, 11) is 0. The van der Waals surface area contributed by atoms with Crippen LogP contribution in [0.2, 0.25) is 0 Å². The normalized spacial score (nSPS) is 11.3. The first-order valence-electron chi connectivity index (χ1n) is 12.6. The highest BCUT2D eigenvalue weighted by atomic mass is 16.3. The van der Waals surface area contributed by atoms with E-state index < -0.39 is 0 Å². The summed E-state index contributed by atoms with van der Waals surface area (Å²) < 4.78 is 6.36. The van der Waals surface area contributed by atoms with Crippen LogP contribution in [-0.4, -0.2) is 15.0 Å². The molecule has 2 heterocycles. The maximum atomic E-state index is 6.36. The van der Waals surface area contributed by atoms with Crippen LogP contribution >= 0.6 is 0 Å². The number of aryl methyl sites for hydroxylation is 1. The lowest BCUT2D eigenvalue weighted by molar-refractivity contribution is 0.669. The lowest BCUT2D eigenvalue weighted by Gasteiger charge is -2.08. The second kappa shape index (κ2) is 9.09. The molecule has 0 unspecified atom stereocenters. The topological polar surface area (TPSA) is 51.8 Å². The van der Waals surface area contributed by atoms with Crippen LogP contribution in [0.3, 0.4) is 0 Å². The highest BCUT2D eigenvalue weighted by Crippen LogP contribution is 2.34. The fraction of sp³-hybridized carbons (Fsp3) is 0.0294. The molecule has 0 aliphatic heterocycles. The number of hydrogen-bond donors (Lipinski definition) is 0. The third kappa shape index (κ3) is 4.02. The second-order valence-electron chi connectivity index (χ2n) is 9.43. The monoisotopic (exact) mass is 489 g/mol. The fourth-order valence-corrected chi connectivity index (χ4v) is 4.78. The van der Waals surface area contributed by atoms with E-state index in [2.05, 4.69) is 61.5 Å². The van der Waals surface area contributed by atoms with Crippen molar-refractivity contribution in [2.24, 2.45) is 0 Å². The van der Waals surface area contributed by atoms with Crippen molar-refractivity contribution >= 4 is 21.9 Å². The van der Waals surface area contributed by atoms with Crippen LogP contribution in [0, 0.1) is 6.92 Å². The van der Waals surface area contributed by atoms with Gasteiger partial charge in [0.25, 0.3) is 0 Å². The summed E-state index contributed by atoms with van der Waals surface area (Å²) in [6.07, 6.45) is 0. The van der Waals surface area contributed by atoms with Crippen LogP contribution in [0.25, 0.3) is 67.2 Å². The number of hydrogen-bond acceptors (Lipinski definition) is 4. The quantitative estimate of drug-likeness (QED) is 0.248. The Hall–Kier alpha value is -5.09. The van der Waals surface area contributed by atoms with Gasteiger partial charge < -0.3 is 4.42 Å². The zero-order chi connectivity index (χ0) is 25.5. The third-order valence-corrected chi connectivity index (χ3v) is 6.82. The van der Waals surface area contributed by atoms with Gasteiger partial charge in [0, 0.05) is 27.5 Å². The molecule has 0 spiro atoms. The van der Waals surface area contributed by atoms with Crippen molar-refractivity contribution in [3.63, 3.8) is 0 Å². The average Bonchev–Trinajstić information content (AvgIpc) is 3.35. The van der Waals surface area contributed by atoms with E-state index in [9.17, 15) is 0 Å². The van der Waals surface area contributed by atoms with E-state index in [-0.39, 0.29) is 0 Å². The lowest BCUT2D eigenvalue weighted by atomic mass is 10.0. The van der Waals surface area contributed by atoms with Crippen molar-refractivity contribution in [2.45, 2.75) is 6.92 Å². The van der Waals surface area contributed by atoms with Crippen molar-refractivity contribution in [3.05, 3.63) is 127 Å². The first-order chi connectivity index (χ1) is 18.7. The minimum Gasteiger partial charge on any atom is -0.456 e. The molecule has 0 aliphatic carbocycles. The summed E-state index contributed by atoms with van der Waals surface area (Å²) in [4.78, 5) is 14.5. The first kappa shape index (κ1) is 22.1. The van der Waals surface area contributed by atoms with Gasteiger partial charge >= 0.3 is 0 Å². The summed E-state index contributed by atoms with van der Waals surface area (Å²) in [5.74, 6) is 1.89. The van der Waals surface area contributed by atoms with E-state index in [1.165, 1.54) is 11.1 Å². The van der Waals surface area contributed by atoms with Gasteiger partial charge in [-0.3, -0.25) is 0 Å².